The largest absolute Gasteiger partial charge is 0.459 e. The Morgan fingerprint density at radius 1 is 1.29 bits per heavy atom. The first-order valence-electron chi connectivity index (χ1n) is 8.05. The van der Waals surface area contributed by atoms with Gasteiger partial charge in [0.1, 0.15) is 17.2 Å². The number of aryl methyl sites for hydroxylation is 1. The maximum atomic E-state index is 13.4. The van der Waals surface area contributed by atoms with Gasteiger partial charge in [0.15, 0.2) is 0 Å². The third-order valence-electron chi connectivity index (χ3n) is 4.89. The fourth-order valence-electron chi connectivity index (χ4n) is 3.66. The molecule has 0 saturated heterocycles. The lowest BCUT2D eigenvalue weighted by Crippen LogP contribution is -2.21. The van der Waals surface area contributed by atoms with Crippen molar-refractivity contribution in [1.29, 1.82) is 0 Å². The van der Waals surface area contributed by atoms with Gasteiger partial charge in [-0.05, 0) is 44.5 Å². The summed E-state index contributed by atoms with van der Waals surface area (Å²) in [6, 6.07) is 4.99. The van der Waals surface area contributed by atoms with Gasteiger partial charge in [0.25, 0.3) is 0 Å². The summed E-state index contributed by atoms with van der Waals surface area (Å²) >= 11 is 0. The van der Waals surface area contributed by atoms with Gasteiger partial charge in [-0.15, -0.1) is 0 Å². The number of hydrogen-bond donors (Lipinski definition) is 1. The Hall–Kier alpha value is -1.35. The third kappa shape index (κ3) is 2.98. The van der Waals surface area contributed by atoms with Crippen LogP contribution >= 0.6 is 0 Å². The molecule has 1 N–H and O–H groups in total. The average Bonchev–Trinajstić information content (AvgIpc) is 2.83. The average molecular weight is 289 g/mol. The van der Waals surface area contributed by atoms with E-state index in [0.717, 1.165) is 34.6 Å². The second-order valence-corrected chi connectivity index (χ2v) is 6.31. The molecule has 0 spiro atoms. The highest BCUT2D eigenvalue weighted by molar-refractivity contribution is 5.82. The van der Waals surface area contributed by atoms with Gasteiger partial charge in [0.2, 0.25) is 0 Å². The summed E-state index contributed by atoms with van der Waals surface area (Å²) in [5.74, 6) is 1.55. The summed E-state index contributed by atoms with van der Waals surface area (Å²) in [5.41, 5.74) is 1.85. The van der Waals surface area contributed by atoms with Gasteiger partial charge >= 0.3 is 0 Å². The lowest BCUT2D eigenvalue weighted by Gasteiger charge is -2.25. The van der Waals surface area contributed by atoms with Crippen LogP contribution in [0.5, 0.6) is 0 Å². The maximum Gasteiger partial charge on any atom is 0.134 e. The number of nitrogens with one attached hydrogen (secondary N) is 1. The van der Waals surface area contributed by atoms with Crippen molar-refractivity contribution >= 4 is 11.0 Å². The predicted molar refractivity (Wildman–Crippen MR) is 83.9 cm³/mol. The first-order valence-corrected chi connectivity index (χ1v) is 8.05. The standard InChI is InChI=1S/C18H24FNO/c1-12-15-11-14(19)8-9-17(15)21-18(12)16(20-2)10-13-6-4-3-5-7-13/h8-9,11,13,16,20H,3-7,10H2,1-2H3. The molecule has 1 aliphatic carbocycles. The van der Waals surface area contributed by atoms with Crippen LogP contribution in [0.2, 0.25) is 0 Å². The quantitative estimate of drug-likeness (QED) is 0.846. The third-order valence-corrected chi connectivity index (χ3v) is 4.89. The Morgan fingerprint density at radius 3 is 2.76 bits per heavy atom. The minimum atomic E-state index is -0.203. The van der Waals surface area contributed by atoms with Gasteiger partial charge in [-0.3, -0.25) is 0 Å². The van der Waals surface area contributed by atoms with Crippen LogP contribution in [0.15, 0.2) is 22.6 Å². The Balaban J connectivity index is 1.87. The molecule has 1 aromatic heterocycles. The van der Waals surface area contributed by atoms with Crippen LogP contribution in [-0.4, -0.2) is 7.05 Å². The van der Waals surface area contributed by atoms with E-state index in [1.807, 2.05) is 14.0 Å². The Labute approximate surface area is 125 Å². The van der Waals surface area contributed by atoms with Crippen molar-refractivity contribution in [3.8, 4) is 0 Å². The number of benzene rings is 1. The van der Waals surface area contributed by atoms with Crippen LogP contribution < -0.4 is 5.32 Å². The molecule has 1 atom stereocenters. The van der Waals surface area contributed by atoms with Crippen LogP contribution in [0.25, 0.3) is 11.0 Å². The Kier molecular flexibility index (Phi) is 4.29. The van der Waals surface area contributed by atoms with E-state index < -0.39 is 0 Å². The molecule has 0 amide bonds. The van der Waals surface area contributed by atoms with Gasteiger partial charge in [-0.2, -0.15) is 0 Å². The SMILES string of the molecule is CNC(CC1CCCCC1)c1oc2ccc(F)cc2c1C. The van der Waals surface area contributed by atoms with Crippen molar-refractivity contribution in [1.82, 2.24) is 5.32 Å². The molecular formula is C18H24FNO. The fourth-order valence-corrected chi connectivity index (χ4v) is 3.66. The van der Waals surface area contributed by atoms with Gasteiger partial charge in [0.05, 0.1) is 6.04 Å². The molecule has 3 heteroatoms. The Bertz CT molecular complexity index is 613. The van der Waals surface area contributed by atoms with Crippen LogP contribution in [0, 0.1) is 18.7 Å². The molecule has 0 bridgehead atoms. The topological polar surface area (TPSA) is 25.2 Å². The fraction of sp³-hybridized carbons (Fsp3) is 0.556. The van der Waals surface area contributed by atoms with Gasteiger partial charge in [0, 0.05) is 10.9 Å². The summed E-state index contributed by atoms with van der Waals surface area (Å²) in [4.78, 5) is 0. The first kappa shape index (κ1) is 14.6. The smallest absolute Gasteiger partial charge is 0.134 e. The molecule has 0 aliphatic heterocycles. The zero-order valence-electron chi connectivity index (χ0n) is 12.9. The molecule has 114 valence electrons. The summed E-state index contributed by atoms with van der Waals surface area (Å²) in [7, 11) is 1.99. The highest BCUT2D eigenvalue weighted by Crippen LogP contribution is 2.36. The zero-order chi connectivity index (χ0) is 14.8. The van der Waals surface area contributed by atoms with E-state index in [4.69, 9.17) is 4.42 Å². The summed E-state index contributed by atoms with van der Waals surface area (Å²) in [6.45, 7) is 2.03. The molecule has 3 rings (SSSR count). The monoisotopic (exact) mass is 289 g/mol. The normalized spacial score (nSPS) is 18.2. The van der Waals surface area contributed by atoms with E-state index in [0.29, 0.717) is 0 Å². The van der Waals surface area contributed by atoms with Crippen LogP contribution in [0.3, 0.4) is 0 Å². The number of halogens is 1. The van der Waals surface area contributed by atoms with Gasteiger partial charge in [-0.25, -0.2) is 4.39 Å². The van der Waals surface area contributed by atoms with Gasteiger partial charge < -0.3 is 9.73 Å². The van der Waals surface area contributed by atoms with Crippen molar-refractivity contribution in [2.24, 2.45) is 5.92 Å². The number of rotatable bonds is 4. The van der Waals surface area contributed by atoms with E-state index in [1.54, 1.807) is 12.1 Å². The van der Waals surface area contributed by atoms with Crippen molar-refractivity contribution in [2.45, 2.75) is 51.5 Å². The number of hydrogen-bond acceptors (Lipinski definition) is 2. The molecule has 2 aromatic rings. The highest BCUT2D eigenvalue weighted by atomic mass is 19.1. The van der Waals surface area contributed by atoms with E-state index in [-0.39, 0.29) is 11.9 Å². The maximum absolute atomic E-state index is 13.4. The van der Waals surface area contributed by atoms with Crippen molar-refractivity contribution in [3.05, 3.63) is 35.3 Å². The number of fused-ring (bicyclic) bond motifs is 1. The van der Waals surface area contributed by atoms with Crippen LogP contribution in [0.4, 0.5) is 4.39 Å². The lowest BCUT2D eigenvalue weighted by atomic mass is 9.84. The molecule has 1 unspecified atom stereocenters. The summed E-state index contributed by atoms with van der Waals surface area (Å²) in [6.07, 6.45) is 7.85. The molecule has 1 heterocycles. The van der Waals surface area contributed by atoms with Crippen LogP contribution in [-0.2, 0) is 0 Å². The Morgan fingerprint density at radius 2 is 2.05 bits per heavy atom. The molecule has 21 heavy (non-hydrogen) atoms. The van der Waals surface area contributed by atoms with E-state index in [1.165, 1.54) is 38.2 Å². The van der Waals surface area contributed by atoms with E-state index >= 15 is 0 Å². The van der Waals surface area contributed by atoms with Gasteiger partial charge in [-0.1, -0.05) is 32.1 Å². The van der Waals surface area contributed by atoms with Crippen molar-refractivity contribution in [3.63, 3.8) is 0 Å². The van der Waals surface area contributed by atoms with E-state index in [2.05, 4.69) is 5.32 Å². The van der Waals surface area contributed by atoms with Crippen LogP contribution in [0.1, 0.15) is 55.9 Å². The van der Waals surface area contributed by atoms with Crippen molar-refractivity contribution in [2.75, 3.05) is 7.05 Å². The molecule has 1 aliphatic rings. The van der Waals surface area contributed by atoms with Crippen molar-refractivity contribution < 1.29 is 8.81 Å². The first-order chi connectivity index (χ1) is 10.2. The minimum absolute atomic E-state index is 0.203. The zero-order valence-corrected chi connectivity index (χ0v) is 12.9. The molecule has 1 fully saturated rings. The second-order valence-electron chi connectivity index (χ2n) is 6.31. The molecule has 0 radical (unpaired) electrons. The molecule has 1 saturated carbocycles. The predicted octanol–water partition coefficient (Wildman–Crippen LogP) is 5.11. The summed E-state index contributed by atoms with van der Waals surface area (Å²) in [5, 5.41) is 4.29. The minimum Gasteiger partial charge on any atom is -0.459 e. The molecule has 2 nitrogen and oxygen atoms in total. The lowest BCUT2D eigenvalue weighted by molar-refractivity contribution is 0.289. The second kappa shape index (κ2) is 6.18. The molecular weight excluding hydrogens is 265 g/mol. The molecule has 1 aromatic carbocycles. The summed E-state index contributed by atoms with van der Waals surface area (Å²) < 4.78 is 19.4. The highest BCUT2D eigenvalue weighted by Gasteiger charge is 2.24. The van der Waals surface area contributed by atoms with E-state index in [9.17, 15) is 4.39 Å². The number of furan rings is 1.